The Morgan fingerprint density at radius 1 is 0.933 bits per heavy atom. The first-order valence-corrected chi connectivity index (χ1v) is 11.7. The van der Waals surface area contributed by atoms with Gasteiger partial charge in [-0.2, -0.15) is 5.26 Å². The lowest BCUT2D eigenvalue weighted by Gasteiger charge is -2.17. The Kier molecular flexibility index (Phi) is 5.80. The highest BCUT2D eigenvalue weighted by Gasteiger charge is 2.20. The summed E-state index contributed by atoms with van der Waals surface area (Å²) in [5, 5.41) is 9.98. The van der Waals surface area contributed by atoms with E-state index in [0.29, 0.717) is 16.3 Å². The van der Waals surface area contributed by atoms with Crippen molar-refractivity contribution >= 4 is 27.3 Å². The molecule has 0 amide bonds. The molecule has 0 heterocycles. The maximum Gasteiger partial charge on any atom is 0.261 e. The molecule has 0 aliphatic heterocycles. The van der Waals surface area contributed by atoms with Gasteiger partial charge in [0.2, 0.25) is 0 Å². The van der Waals surface area contributed by atoms with Crippen molar-refractivity contribution in [2.45, 2.75) is 36.5 Å². The van der Waals surface area contributed by atoms with Gasteiger partial charge in [0.25, 0.3) is 10.0 Å². The van der Waals surface area contributed by atoms with Gasteiger partial charge in [-0.1, -0.05) is 54.1 Å². The number of halogens is 1. The third kappa shape index (κ3) is 4.21. The molecule has 0 radical (unpaired) electrons. The molecule has 1 N–H and O–H groups in total. The molecule has 3 aromatic rings. The van der Waals surface area contributed by atoms with Crippen molar-refractivity contribution in [2.24, 2.45) is 0 Å². The monoisotopic (exact) mass is 436 g/mol. The number of nitrogens with one attached hydrogen (secondary N) is 1. The first-order valence-electron chi connectivity index (χ1n) is 9.86. The Morgan fingerprint density at radius 2 is 1.67 bits per heavy atom. The summed E-state index contributed by atoms with van der Waals surface area (Å²) >= 11 is 6.44. The average molecular weight is 437 g/mol. The van der Waals surface area contributed by atoms with Gasteiger partial charge in [-0.15, -0.1) is 0 Å². The fraction of sp³-hybridized carbons (Fsp3) is 0.208. The molecule has 3 aromatic carbocycles. The van der Waals surface area contributed by atoms with Gasteiger partial charge >= 0.3 is 0 Å². The van der Waals surface area contributed by atoms with Gasteiger partial charge in [0.05, 0.1) is 22.6 Å². The van der Waals surface area contributed by atoms with E-state index in [2.05, 4.69) is 10.8 Å². The normalized spacial score (nSPS) is 14.4. The van der Waals surface area contributed by atoms with Gasteiger partial charge in [-0.25, -0.2) is 8.42 Å². The second-order valence-corrected chi connectivity index (χ2v) is 9.54. The summed E-state index contributed by atoms with van der Waals surface area (Å²) in [5.41, 5.74) is 4.19. The first kappa shape index (κ1) is 20.5. The third-order valence-corrected chi connectivity index (χ3v) is 7.16. The standard InChI is InChI=1S/C24H21ClN2O2S/c25-24-15-20(11-13-22(24)23(16-26)18-7-2-1-3-8-18)27-30(28,29)21-12-10-17-6-4-5-9-19(17)14-21/h1-3,7-8,10-15,23,27H,4-6,9H2. The fourth-order valence-electron chi connectivity index (χ4n) is 3.88. The smallest absolute Gasteiger partial charge is 0.261 e. The molecule has 4 nitrogen and oxygen atoms in total. The number of hydrogen-bond donors (Lipinski definition) is 1. The van der Waals surface area contributed by atoms with Crippen molar-refractivity contribution in [3.05, 3.63) is 94.0 Å². The average Bonchev–Trinajstić information content (AvgIpc) is 2.76. The van der Waals surface area contributed by atoms with Crippen molar-refractivity contribution < 1.29 is 8.42 Å². The molecule has 30 heavy (non-hydrogen) atoms. The first-order chi connectivity index (χ1) is 14.5. The van der Waals surface area contributed by atoms with Crippen molar-refractivity contribution in [3.63, 3.8) is 0 Å². The Morgan fingerprint density at radius 3 is 2.37 bits per heavy atom. The van der Waals surface area contributed by atoms with Crippen molar-refractivity contribution in [2.75, 3.05) is 4.72 Å². The lowest BCUT2D eigenvalue weighted by atomic mass is 9.92. The molecular weight excluding hydrogens is 416 g/mol. The third-order valence-electron chi connectivity index (χ3n) is 5.46. The summed E-state index contributed by atoms with van der Waals surface area (Å²) in [6, 6.07) is 21.9. The van der Waals surface area contributed by atoms with Crippen molar-refractivity contribution in [3.8, 4) is 6.07 Å². The lowest BCUT2D eigenvalue weighted by Crippen LogP contribution is -2.14. The lowest BCUT2D eigenvalue weighted by molar-refractivity contribution is 0.600. The highest BCUT2D eigenvalue weighted by Crippen LogP contribution is 2.32. The van der Waals surface area contributed by atoms with Gasteiger partial charge in [-0.3, -0.25) is 4.72 Å². The molecule has 1 unspecified atom stereocenters. The minimum atomic E-state index is -3.73. The number of nitrogens with zero attached hydrogens (tertiary/aromatic N) is 1. The largest absolute Gasteiger partial charge is 0.280 e. The number of nitriles is 1. The van der Waals surface area contributed by atoms with E-state index in [9.17, 15) is 13.7 Å². The summed E-state index contributed by atoms with van der Waals surface area (Å²) in [5.74, 6) is -0.523. The molecule has 0 fully saturated rings. The highest BCUT2D eigenvalue weighted by atomic mass is 35.5. The van der Waals surface area contributed by atoms with Gasteiger partial charge in [0.1, 0.15) is 0 Å². The van der Waals surface area contributed by atoms with E-state index in [1.54, 1.807) is 30.3 Å². The predicted octanol–water partition coefficient (Wildman–Crippen LogP) is 5.68. The highest BCUT2D eigenvalue weighted by molar-refractivity contribution is 7.92. The van der Waals surface area contributed by atoms with Gasteiger partial charge in [0.15, 0.2) is 0 Å². The summed E-state index contributed by atoms with van der Waals surface area (Å²) < 4.78 is 28.4. The van der Waals surface area contributed by atoms with Crippen LogP contribution in [0, 0.1) is 11.3 Å². The quantitative estimate of drug-likeness (QED) is 0.559. The van der Waals surface area contributed by atoms with Crippen LogP contribution in [0.3, 0.4) is 0 Å². The second-order valence-electron chi connectivity index (χ2n) is 7.45. The van der Waals surface area contributed by atoms with E-state index in [1.165, 1.54) is 5.56 Å². The van der Waals surface area contributed by atoms with Gasteiger partial charge in [-0.05, 0) is 72.2 Å². The number of aryl methyl sites for hydroxylation is 2. The Labute approximate surface area is 182 Å². The molecule has 0 spiro atoms. The van der Waals surface area contributed by atoms with Crippen LogP contribution in [-0.4, -0.2) is 8.42 Å². The van der Waals surface area contributed by atoms with Crippen LogP contribution in [0.2, 0.25) is 5.02 Å². The topological polar surface area (TPSA) is 70.0 Å². The Bertz CT molecular complexity index is 1220. The molecule has 4 rings (SSSR count). The van der Waals surface area contributed by atoms with Gasteiger partial charge < -0.3 is 0 Å². The fourth-order valence-corrected chi connectivity index (χ4v) is 5.27. The molecule has 0 saturated heterocycles. The molecule has 0 aromatic heterocycles. The van der Waals surface area contributed by atoms with Crippen LogP contribution in [-0.2, 0) is 22.9 Å². The minimum absolute atomic E-state index is 0.252. The van der Waals surface area contributed by atoms with E-state index in [1.807, 2.05) is 36.4 Å². The molecule has 6 heteroatoms. The van der Waals surface area contributed by atoms with Crippen molar-refractivity contribution in [1.29, 1.82) is 5.26 Å². The summed E-state index contributed by atoms with van der Waals surface area (Å²) in [6.45, 7) is 0. The summed E-state index contributed by atoms with van der Waals surface area (Å²) in [6.07, 6.45) is 4.15. The second kappa shape index (κ2) is 8.51. The zero-order valence-corrected chi connectivity index (χ0v) is 17.9. The molecule has 1 aliphatic carbocycles. The molecular formula is C24H21ClN2O2S. The molecule has 1 atom stereocenters. The number of rotatable bonds is 5. The zero-order chi connectivity index (χ0) is 21.1. The molecule has 1 aliphatic rings. The van der Waals surface area contributed by atoms with Crippen LogP contribution in [0.15, 0.2) is 71.6 Å². The van der Waals surface area contributed by atoms with Crippen LogP contribution < -0.4 is 4.72 Å². The predicted molar refractivity (Wildman–Crippen MR) is 119 cm³/mol. The minimum Gasteiger partial charge on any atom is -0.280 e. The Balaban J connectivity index is 1.60. The number of hydrogen-bond acceptors (Lipinski definition) is 3. The Hall–Kier alpha value is -2.81. The van der Waals surface area contributed by atoms with E-state index in [0.717, 1.165) is 36.8 Å². The van der Waals surface area contributed by atoms with Crippen LogP contribution in [0.25, 0.3) is 0 Å². The summed E-state index contributed by atoms with van der Waals surface area (Å²) in [7, 11) is -3.73. The van der Waals surface area contributed by atoms with Crippen LogP contribution in [0.5, 0.6) is 0 Å². The van der Waals surface area contributed by atoms with E-state index in [-0.39, 0.29) is 4.90 Å². The van der Waals surface area contributed by atoms with Gasteiger partial charge in [0, 0.05) is 5.02 Å². The zero-order valence-electron chi connectivity index (χ0n) is 16.3. The van der Waals surface area contributed by atoms with Crippen LogP contribution in [0.1, 0.15) is 41.0 Å². The number of anilines is 1. The van der Waals surface area contributed by atoms with E-state index < -0.39 is 15.9 Å². The molecule has 152 valence electrons. The SMILES string of the molecule is N#CC(c1ccccc1)c1ccc(NS(=O)(=O)c2ccc3c(c2)CCCC3)cc1Cl. The maximum absolute atomic E-state index is 12.9. The molecule has 0 bridgehead atoms. The summed E-state index contributed by atoms with van der Waals surface area (Å²) in [4.78, 5) is 0.252. The number of benzene rings is 3. The maximum atomic E-state index is 12.9. The van der Waals surface area contributed by atoms with E-state index in [4.69, 9.17) is 11.6 Å². The van der Waals surface area contributed by atoms with Crippen molar-refractivity contribution in [1.82, 2.24) is 0 Å². The van der Waals surface area contributed by atoms with Crippen LogP contribution >= 0.6 is 11.6 Å². The molecule has 0 saturated carbocycles. The van der Waals surface area contributed by atoms with Crippen LogP contribution in [0.4, 0.5) is 5.69 Å². The number of fused-ring (bicyclic) bond motifs is 1. The number of sulfonamides is 1. The van der Waals surface area contributed by atoms with E-state index >= 15 is 0 Å².